The molecule has 0 nitrogen and oxygen atoms in total. The number of aryl methyl sites for hydroxylation is 1. The first-order valence-electron chi connectivity index (χ1n) is 5.10. The number of rotatable bonds is 1. The van der Waals surface area contributed by atoms with Crippen LogP contribution in [0.15, 0.2) is 41.3 Å². The van der Waals surface area contributed by atoms with Crippen LogP contribution >= 0.6 is 21.7 Å². The molecule has 2 rings (SSSR count). The standard InChI is InChI=1S/C11H9ClS.C2H6/c1-8-6-7-9-4-2-3-5-10(9)11(8)13-12;1-2/h2-7H,1H3;1-2H3. The lowest BCUT2D eigenvalue weighted by molar-refractivity contribution is 1.36. The Kier molecular flexibility index (Phi) is 5.00. The summed E-state index contributed by atoms with van der Waals surface area (Å²) in [7, 11) is 7.12. The summed E-state index contributed by atoms with van der Waals surface area (Å²) < 4.78 is 0. The SMILES string of the molecule is CC.Cc1ccc2ccccc2c1SCl. The Morgan fingerprint density at radius 2 is 1.67 bits per heavy atom. The molecule has 0 spiro atoms. The van der Waals surface area contributed by atoms with Crippen LogP contribution in [0.5, 0.6) is 0 Å². The van der Waals surface area contributed by atoms with Crippen molar-refractivity contribution in [3.63, 3.8) is 0 Å². The van der Waals surface area contributed by atoms with Crippen molar-refractivity contribution in [3.8, 4) is 0 Å². The van der Waals surface area contributed by atoms with E-state index in [2.05, 4.69) is 31.2 Å². The van der Waals surface area contributed by atoms with Crippen LogP contribution in [-0.4, -0.2) is 0 Å². The Balaban J connectivity index is 0.000000531. The number of benzene rings is 2. The molecule has 0 bridgehead atoms. The second-order valence-electron chi connectivity index (χ2n) is 3.01. The first kappa shape index (κ1) is 12.4. The van der Waals surface area contributed by atoms with E-state index in [1.807, 2.05) is 26.0 Å². The van der Waals surface area contributed by atoms with E-state index in [0.29, 0.717) is 0 Å². The molecular formula is C13H15ClS. The average molecular weight is 239 g/mol. The first-order chi connectivity index (χ1) is 7.33. The summed E-state index contributed by atoms with van der Waals surface area (Å²) >= 11 is 0. The molecule has 0 saturated heterocycles. The molecule has 0 atom stereocenters. The summed E-state index contributed by atoms with van der Waals surface area (Å²) in [5.41, 5.74) is 1.23. The number of halogens is 1. The van der Waals surface area contributed by atoms with Gasteiger partial charge in [-0.25, -0.2) is 0 Å². The van der Waals surface area contributed by atoms with Crippen LogP contribution in [0.3, 0.4) is 0 Å². The van der Waals surface area contributed by atoms with E-state index in [1.165, 1.54) is 32.2 Å². The lowest BCUT2D eigenvalue weighted by Gasteiger charge is -2.05. The van der Waals surface area contributed by atoms with Crippen LogP contribution in [0, 0.1) is 6.92 Å². The molecule has 0 saturated carbocycles. The minimum atomic E-state index is 1.17. The maximum atomic E-state index is 5.83. The zero-order valence-corrected chi connectivity index (χ0v) is 10.8. The van der Waals surface area contributed by atoms with E-state index < -0.39 is 0 Å². The van der Waals surface area contributed by atoms with Gasteiger partial charge in [0.2, 0.25) is 0 Å². The fourth-order valence-electron chi connectivity index (χ4n) is 1.45. The second kappa shape index (κ2) is 6.04. The van der Waals surface area contributed by atoms with E-state index in [-0.39, 0.29) is 0 Å². The van der Waals surface area contributed by atoms with Crippen molar-refractivity contribution in [2.45, 2.75) is 25.7 Å². The number of hydrogen-bond donors (Lipinski definition) is 0. The Bertz CT molecular complexity index is 437. The zero-order chi connectivity index (χ0) is 11.3. The monoisotopic (exact) mass is 238 g/mol. The molecule has 15 heavy (non-hydrogen) atoms. The summed E-state index contributed by atoms with van der Waals surface area (Å²) in [4.78, 5) is 1.17. The van der Waals surface area contributed by atoms with Crippen molar-refractivity contribution in [3.05, 3.63) is 42.0 Å². The summed E-state index contributed by atoms with van der Waals surface area (Å²) in [6.07, 6.45) is 0. The third-order valence-corrected chi connectivity index (χ3v) is 3.31. The number of fused-ring (bicyclic) bond motifs is 1. The van der Waals surface area contributed by atoms with E-state index in [1.54, 1.807) is 0 Å². The highest BCUT2D eigenvalue weighted by molar-refractivity contribution is 8.21. The normalized spacial score (nSPS) is 9.60. The molecule has 2 heteroatoms. The van der Waals surface area contributed by atoms with E-state index in [4.69, 9.17) is 10.7 Å². The maximum Gasteiger partial charge on any atom is 0.0341 e. The van der Waals surface area contributed by atoms with Gasteiger partial charge in [-0.2, -0.15) is 0 Å². The van der Waals surface area contributed by atoms with Crippen LogP contribution in [0.25, 0.3) is 10.8 Å². The maximum absolute atomic E-state index is 5.83. The summed E-state index contributed by atoms with van der Waals surface area (Å²) in [6.45, 7) is 6.08. The van der Waals surface area contributed by atoms with Gasteiger partial charge in [-0.3, -0.25) is 0 Å². The van der Waals surface area contributed by atoms with Gasteiger partial charge >= 0.3 is 0 Å². The van der Waals surface area contributed by atoms with Gasteiger partial charge < -0.3 is 0 Å². The van der Waals surface area contributed by atoms with Gasteiger partial charge in [0, 0.05) is 4.90 Å². The van der Waals surface area contributed by atoms with Gasteiger partial charge in [-0.15, -0.1) is 0 Å². The average Bonchev–Trinajstić information content (AvgIpc) is 2.32. The Hall–Kier alpha value is -0.660. The molecule has 2 aromatic carbocycles. The van der Waals surface area contributed by atoms with Gasteiger partial charge in [0.05, 0.1) is 0 Å². The van der Waals surface area contributed by atoms with Gasteiger partial charge in [-0.1, -0.05) is 50.2 Å². The highest BCUT2D eigenvalue weighted by Gasteiger charge is 2.02. The van der Waals surface area contributed by atoms with Gasteiger partial charge in [0.25, 0.3) is 0 Å². The van der Waals surface area contributed by atoms with E-state index >= 15 is 0 Å². The highest BCUT2D eigenvalue weighted by Crippen LogP contribution is 2.33. The van der Waals surface area contributed by atoms with Crippen LogP contribution in [0.1, 0.15) is 19.4 Å². The second-order valence-corrected chi connectivity index (χ2v) is 4.04. The minimum absolute atomic E-state index is 1.17. The molecule has 2 aromatic rings. The van der Waals surface area contributed by atoms with Crippen molar-refractivity contribution in [1.29, 1.82) is 0 Å². The fraction of sp³-hybridized carbons (Fsp3) is 0.231. The zero-order valence-electron chi connectivity index (χ0n) is 9.25. The Morgan fingerprint density at radius 1 is 1.00 bits per heavy atom. The molecule has 0 radical (unpaired) electrons. The molecule has 0 aliphatic heterocycles. The van der Waals surface area contributed by atoms with Crippen molar-refractivity contribution in [2.75, 3.05) is 0 Å². The topological polar surface area (TPSA) is 0 Å². The highest BCUT2D eigenvalue weighted by atomic mass is 35.7. The summed E-state index contributed by atoms with van der Waals surface area (Å²) in [5, 5.41) is 2.48. The predicted molar refractivity (Wildman–Crippen MR) is 71.7 cm³/mol. The van der Waals surface area contributed by atoms with Gasteiger partial charge in [0.15, 0.2) is 0 Å². The minimum Gasteiger partial charge on any atom is -0.0683 e. The first-order valence-corrected chi connectivity index (χ1v) is 6.74. The molecule has 0 heterocycles. The summed E-state index contributed by atoms with van der Waals surface area (Å²) in [5.74, 6) is 0. The molecule has 80 valence electrons. The van der Waals surface area contributed by atoms with Crippen molar-refractivity contribution >= 4 is 32.4 Å². The van der Waals surface area contributed by atoms with Crippen LogP contribution < -0.4 is 0 Å². The Labute approximate surface area is 100 Å². The lowest BCUT2D eigenvalue weighted by Crippen LogP contribution is -1.80. The molecule has 0 aliphatic carbocycles. The third-order valence-electron chi connectivity index (χ3n) is 2.15. The van der Waals surface area contributed by atoms with Crippen LogP contribution in [0.4, 0.5) is 0 Å². The largest absolute Gasteiger partial charge is 0.0683 e. The van der Waals surface area contributed by atoms with Gasteiger partial charge in [0.1, 0.15) is 0 Å². The third kappa shape index (κ3) is 2.67. The molecule has 0 N–H and O–H groups in total. The van der Waals surface area contributed by atoms with Gasteiger partial charge in [-0.05, 0) is 44.9 Å². The van der Waals surface area contributed by atoms with Crippen molar-refractivity contribution in [2.24, 2.45) is 0 Å². The molecule has 0 aromatic heterocycles. The molecular weight excluding hydrogens is 224 g/mol. The molecule has 0 aliphatic rings. The Morgan fingerprint density at radius 3 is 2.33 bits per heavy atom. The number of hydrogen-bond acceptors (Lipinski definition) is 1. The van der Waals surface area contributed by atoms with E-state index in [9.17, 15) is 0 Å². The lowest BCUT2D eigenvalue weighted by atomic mass is 10.1. The van der Waals surface area contributed by atoms with Crippen LogP contribution in [0.2, 0.25) is 0 Å². The molecule has 0 amide bonds. The predicted octanol–water partition coefficient (Wildman–Crippen LogP) is 5.42. The van der Waals surface area contributed by atoms with Crippen molar-refractivity contribution < 1.29 is 0 Å². The molecule has 0 unspecified atom stereocenters. The summed E-state index contributed by atoms with van der Waals surface area (Å²) in [6, 6.07) is 12.5. The van der Waals surface area contributed by atoms with Crippen LogP contribution in [-0.2, 0) is 0 Å². The molecule has 0 fully saturated rings. The smallest absolute Gasteiger partial charge is 0.0341 e. The fourth-order valence-corrected chi connectivity index (χ4v) is 2.53. The van der Waals surface area contributed by atoms with E-state index in [0.717, 1.165) is 0 Å². The quantitative estimate of drug-likeness (QED) is 0.639. The van der Waals surface area contributed by atoms with Crippen molar-refractivity contribution in [1.82, 2.24) is 0 Å².